The first-order valence-corrected chi connectivity index (χ1v) is 8.01. The summed E-state index contributed by atoms with van der Waals surface area (Å²) in [6.45, 7) is 2.01. The van der Waals surface area contributed by atoms with Crippen LogP contribution >= 0.6 is 11.8 Å². The van der Waals surface area contributed by atoms with E-state index in [0.717, 1.165) is 44.2 Å². The zero-order chi connectivity index (χ0) is 15.7. The minimum absolute atomic E-state index is 0.231. The third kappa shape index (κ3) is 7.74. The van der Waals surface area contributed by atoms with E-state index in [1.165, 1.54) is 23.9 Å². The molecule has 1 aromatic rings. The van der Waals surface area contributed by atoms with Crippen LogP contribution in [0, 0.1) is 0 Å². The van der Waals surface area contributed by atoms with Gasteiger partial charge in [-0.1, -0.05) is 6.07 Å². The third-order valence-electron chi connectivity index (χ3n) is 3.10. The molecule has 1 N–H and O–H groups in total. The Morgan fingerprint density at radius 3 is 2.57 bits per heavy atom. The topological polar surface area (TPSA) is 23.5 Å². The molecule has 2 nitrogen and oxygen atoms in total. The van der Waals surface area contributed by atoms with Crippen LogP contribution in [0.1, 0.15) is 24.8 Å². The third-order valence-corrected chi connectivity index (χ3v) is 4.08. The van der Waals surface area contributed by atoms with Crippen LogP contribution in [0.2, 0.25) is 0 Å². The summed E-state index contributed by atoms with van der Waals surface area (Å²) >= 11 is 1.44. The number of halogens is 3. The molecule has 1 aromatic carbocycles. The summed E-state index contributed by atoms with van der Waals surface area (Å²) in [4.78, 5) is 2.82. The molecule has 6 heteroatoms. The fourth-order valence-corrected chi connectivity index (χ4v) is 2.89. The zero-order valence-electron chi connectivity index (χ0n) is 12.2. The number of benzene rings is 1. The number of aliphatic hydroxyl groups is 1. The highest BCUT2D eigenvalue weighted by molar-refractivity contribution is 7.99. The quantitative estimate of drug-likeness (QED) is 0.551. The van der Waals surface area contributed by atoms with Gasteiger partial charge in [0.25, 0.3) is 0 Å². The molecule has 0 aliphatic carbocycles. The van der Waals surface area contributed by atoms with Crippen molar-refractivity contribution in [1.82, 2.24) is 4.90 Å². The monoisotopic (exact) mass is 321 g/mol. The standard InChI is InChI=1S/C15H22F3NOS/c1-19(8-3-2-4-10-20)9-11-21-14-7-5-6-13(12-14)15(16,17)18/h5-7,12,20H,2-4,8-11H2,1H3. The number of rotatable bonds is 9. The molecule has 0 bridgehead atoms. The Bertz CT molecular complexity index is 412. The van der Waals surface area contributed by atoms with E-state index in [1.54, 1.807) is 6.07 Å². The van der Waals surface area contributed by atoms with Crippen molar-refractivity contribution in [2.75, 3.05) is 32.5 Å². The van der Waals surface area contributed by atoms with Crippen molar-refractivity contribution < 1.29 is 18.3 Å². The van der Waals surface area contributed by atoms with Crippen LogP contribution in [0.4, 0.5) is 13.2 Å². The van der Waals surface area contributed by atoms with Crippen LogP contribution in [0.5, 0.6) is 0 Å². The van der Waals surface area contributed by atoms with Gasteiger partial charge in [-0.25, -0.2) is 0 Å². The summed E-state index contributed by atoms with van der Waals surface area (Å²) in [5.74, 6) is 0.762. The van der Waals surface area contributed by atoms with Crippen LogP contribution in [-0.2, 0) is 6.18 Å². The molecule has 0 fully saturated rings. The number of unbranched alkanes of at least 4 members (excludes halogenated alkanes) is 2. The highest BCUT2D eigenvalue weighted by atomic mass is 32.2. The molecule has 0 heterocycles. The summed E-state index contributed by atoms with van der Waals surface area (Å²) in [7, 11) is 2.01. The van der Waals surface area contributed by atoms with Crippen LogP contribution in [0.15, 0.2) is 29.2 Å². The van der Waals surface area contributed by atoms with E-state index in [4.69, 9.17) is 5.11 Å². The Balaban J connectivity index is 2.29. The average Bonchev–Trinajstić information content (AvgIpc) is 2.43. The number of nitrogens with zero attached hydrogens (tertiary/aromatic N) is 1. The second-order valence-corrected chi connectivity index (χ2v) is 6.13. The van der Waals surface area contributed by atoms with Crippen molar-refractivity contribution in [3.63, 3.8) is 0 Å². The van der Waals surface area contributed by atoms with E-state index in [2.05, 4.69) is 4.90 Å². The van der Waals surface area contributed by atoms with Crippen molar-refractivity contribution in [2.24, 2.45) is 0 Å². The summed E-state index contributed by atoms with van der Waals surface area (Å²) < 4.78 is 37.8. The molecular weight excluding hydrogens is 299 g/mol. The predicted molar refractivity (Wildman–Crippen MR) is 80.6 cm³/mol. The van der Waals surface area contributed by atoms with Crippen molar-refractivity contribution >= 4 is 11.8 Å². The maximum Gasteiger partial charge on any atom is 0.416 e. The van der Waals surface area contributed by atoms with E-state index >= 15 is 0 Å². The van der Waals surface area contributed by atoms with Gasteiger partial charge in [0.05, 0.1) is 5.56 Å². The first-order valence-electron chi connectivity index (χ1n) is 7.03. The lowest BCUT2D eigenvalue weighted by Gasteiger charge is -2.16. The summed E-state index contributed by atoms with van der Waals surface area (Å²) in [6, 6.07) is 5.45. The van der Waals surface area contributed by atoms with Gasteiger partial charge in [0.2, 0.25) is 0 Å². The van der Waals surface area contributed by atoms with Crippen molar-refractivity contribution in [3.8, 4) is 0 Å². The lowest BCUT2D eigenvalue weighted by molar-refractivity contribution is -0.137. The number of aliphatic hydroxyl groups excluding tert-OH is 1. The molecule has 0 aliphatic heterocycles. The van der Waals surface area contributed by atoms with Gasteiger partial charge in [0.1, 0.15) is 0 Å². The van der Waals surface area contributed by atoms with Crippen LogP contribution < -0.4 is 0 Å². The molecule has 0 unspecified atom stereocenters. The number of hydrogen-bond donors (Lipinski definition) is 1. The predicted octanol–water partition coefficient (Wildman–Crippen LogP) is 3.89. The van der Waals surface area contributed by atoms with E-state index in [1.807, 2.05) is 7.05 Å². The van der Waals surface area contributed by atoms with E-state index in [9.17, 15) is 13.2 Å². The van der Waals surface area contributed by atoms with Gasteiger partial charge >= 0.3 is 6.18 Å². The van der Waals surface area contributed by atoms with Crippen LogP contribution in [-0.4, -0.2) is 42.5 Å². The van der Waals surface area contributed by atoms with Gasteiger partial charge in [0.15, 0.2) is 0 Å². The largest absolute Gasteiger partial charge is 0.416 e. The van der Waals surface area contributed by atoms with E-state index in [-0.39, 0.29) is 6.61 Å². The van der Waals surface area contributed by atoms with Gasteiger partial charge in [-0.2, -0.15) is 13.2 Å². The SMILES string of the molecule is CN(CCCCCO)CCSc1cccc(C(F)(F)F)c1. The fraction of sp³-hybridized carbons (Fsp3) is 0.600. The van der Waals surface area contributed by atoms with E-state index < -0.39 is 11.7 Å². The molecule has 0 aliphatic rings. The summed E-state index contributed by atoms with van der Waals surface area (Å²) in [5, 5.41) is 8.68. The number of thioether (sulfide) groups is 1. The van der Waals surface area contributed by atoms with Gasteiger partial charge in [-0.05, 0) is 51.1 Å². The van der Waals surface area contributed by atoms with Gasteiger partial charge < -0.3 is 10.0 Å². The molecule has 1 rings (SSSR count). The lowest BCUT2D eigenvalue weighted by Crippen LogP contribution is -2.22. The molecule has 0 spiro atoms. The molecule has 0 saturated carbocycles. The maximum absolute atomic E-state index is 12.6. The summed E-state index contributed by atoms with van der Waals surface area (Å²) in [6.07, 6.45) is -1.42. The smallest absolute Gasteiger partial charge is 0.396 e. The van der Waals surface area contributed by atoms with Crippen LogP contribution in [0.25, 0.3) is 0 Å². The maximum atomic E-state index is 12.6. The molecular formula is C15H22F3NOS. The highest BCUT2D eigenvalue weighted by Crippen LogP contribution is 2.31. The van der Waals surface area contributed by atoms with Gasteiger partial charge in [0, 0.05) is 23.8 Å². The minimum atomic E-state index is -4.28. The molecule has 0 radical (unpaired) electrons. The van der Waals surface area contributed by atoms with Gasteiger partial charge in [-0.15, -0.1) is 11.8 Å². The number of hydrogen-bond acceptors (Lipinski definition) is 3. The molecule has 21 heavy (non-hydrogen) atoms. The Labute approximate surface area is 128 Å². The van der Waals surface area contributed by atoms with Crippen molar-refractivity contribution in [3.05, 3.63) is 29.8 Å². The van der Waals surface area contributed by atoms with Crippen LogP contribution in [0.3, 0.4) is 0 Å². The Hall–Kier alpha value is -0.720. The Kier molecular flexibility index (Phi) is 8.14. The summed E-state index contributed by atoms with van der Waals surface area (Å²) in [5.41, 5.74) is -0.593. The average molecular weight is 321 g/mol. The minimum Gasteiger partial charge on any atom is -0.396 e. The first kappa shape index (κ1) is 18.3. The van der Waals surface area contributed by atoms with Crippen molar-refractivity contribution in [2.45, 2.75) is 30.3 Å². The first-order chi connectivity index (χ1) is 9.93. The molecule has 0 saturated heterocycles. The second kappa shape index (κ2) is 9.33. The fourth-order valence-electron chi connectivity index (χ4n) is 1.86. The molecule has 120 valence electrons. The molecule has 0 aromatic heterocycles. The van der Waals surface area contributed by atoms with E-state index in [0.29, 0.717) is 4.90 Å². The zero-order valence-corrected chi connectivity index (χ0v) is 13.0. The van der Waals surface area contributed by atoms with Gasteiger partial charge in [-0.3, -0.25) is 0 Å². The molecule has 0 amide bonds. The Morgan fingerprint density at radius 2 is 1.90 bits per heavy atom. The Morgan fingerprint density at radius 1 is 1.14 bits per heavy atom. The molecule has 0 atom stereocenters. The second-order valence-electron chi connectivity index (χ2n) is 4.96. The normalized spacial score (nSPS) is 12.1. The lowest BCUT2D eigenvalue weighted by atomic mass is 10.2. The van der Waals surface area contributed by atoms with Crippen molar-refractivity contribution in [1.29, 1.82) is 0 Å². The number of alkyl halides is 3. The highest BCUT2D eigenvalue weighted by Gasteiger charge is 2.30.